The highest BCUT2D eigenvalue weighted by Gasteiger charge is 2.22. The minimum atomic E-state index is -3.61. The van der Waals surface area contributed by atoms with Gasteiger partial charge in [-0.25, -0.2) is 8.42 Å². The molecule has 5 nitrogen and oxygen atoms in total. The van der Waals surface area contributed by atoms with Gasteiger partial charge < -0.3 is 5.32 Å². The van der Waals surface area contributed by atoms with Crippen LogP contribution in [0, 0.1) is 0 Å². The van der Waals surface area contributed by atoms with E-state index < -0.39 is 10.0 Å². The van der Waals surface area contributed by atoms with Crippen molar-refractivity contribution in [1.82, 2.24) is 5.32 Å². The predicted molar refractivity (Wildman–Crippen MR) is 109 cm³/mol. The molecule has 3 aromatic carbocycles. The SMILES string of the molecule is CS(=O)(=O)N(CC(=O)NCCc1ccccc1)c1cccc2ccccc12. The number of anilines is 1. The van der Waals surface area contributed by atoms with Crippen molar-refractivity contribution in [2.24, 2.45) is 0 Å². The molecule has 0 unspecified atom stereocenters. The molecule has 3 aromatic rings. The van der Waals surface area contributed by atoms with Crippen molar-refractivity contribution in [1.29, 1.82) is 0 Å². The summed E-state index contributed by atoms with van der Waals surface area (Å²) in [5, 5.41) is 4.52. The first-order valence-corrected chi connectivity index (χ1v) is 10.6. The summed E-state index contributed by atoms with van der Waals surface area (Å²) in [6.07, 6.45) is 1.81. The lowest BCUT2D eigenvalue weighted by atomic mass is 10.1. The summed E-state index contributed by atoms with van der Waals surface area (Å²) in [5.74, 6) is -0.329. The average molecular weight is 382 g/mol. The van der Waals surface area contributed by atoms with Gasteiger partial charge in [0.15, 0.2) is 0 Å². The van der Waals surface area contributed by atoms with Gasteiger partial charge in [0.05, 0.1) is 11.9 Å². The molecule has 0 atom stereocenters. The van der Waals surface area contributed by atoms with Crippen molar-refractivity contribution in [3.63, 3.8) is 0 Å². The highest BCUT2D eigenvalue weighted by atomic mass is 32.2. The van der Waals surface area contributed by atoms with E-state index in [9.17, 15) is 13.2 Å². The van der Waals surface area contributed by atoms with Crippen LogP contribution in [0.2, 0.25) is 0 Å². The molecule has 0 aliphatic heterocycles. The Balaban J connectivity index is 1.75. The quantitative estimate of drug-likeness (QED) is 0.683. The molecule has 3 rings (SSSR count). The summed E-state index contributed by atoms with van der Waals surface area (Å²) in [6, 6.07) is 22.8. The van der Waals surface area contributed by atoms with Crippen LogP contribution in [0.25, 0.3) is 10.8 Å². The lowest BCUT2D eigenvalue weighted by Gasteiger charge is -2.23. The van der Waals surface area contributed by atoms with Crippen LogP contribution in [0.1, 0.15) is 5.56 Å². The zero-order valence-electron chi connectivity index (χ0n) is 15.1. The van der Waals surface area contributed by atoms with Crippen molar-refractivity contribution in [2.75, 3.05) is 23.7 Å². The Labute approximate surface area is 159 Å². The molecular weight excluding hydrogens is 360 g/mol. The number of nitrogens with one attached hydrogen (secondary N) is 1. The Morgan fingerprint density at radius 3 is 2.33 bits per heavy atom. The van der Waals surface area contributed by atoms with Gasteiger partial charge in [-0.15, -0.1) is 0 Å². The first kappa shape index (κ1) is 18.9. The van der Waals surface area contributed by atoms with Gasteiger partial charge in [-0.05, 0) is 23.4 Å². The zero-order chi connectivity index (χ0) is 19.3. The lowest BCUT2D eigenvalue weighted by Crippen LogP contribution is -2.41. The maximum Gasteiger partial charge on any atom is 0.240 e. The van der Waals surface area contributed by atoms with Gasteiger partial charge in [0, 0.05) is 11.9 Å². The zero-order valence-corrected chi connectivity index (χ0v) is 15.9. The van der Waals surface area contributed by atoms with E-state index in [1.807, 2.05) is 60.7 Å². The number of amides is 1. The Morgan fingerprint density at radius 2 is 1.59 bits per heavy atom. The van der Waals surface area contributed by atoms with E-state index in [0.717, 1.165) is 26.9 Å². The normalized spacial score (nSPS) is 11.3. The Hall–Kier alpha value is -2.86. The molecule has 0 bridgehead atoms. The monoisotopic (exact) mass is 382 g/mol. The van der Waals surface area contributed by atoms with Crippen molar-refractivity contribution >= 4 is 32.4 Å². The molecular formula is C21H22N2O3S. The minimum absolute atomic E-state index is 0.248. The van der Waals surface area contributed by atoms with Crippen LogP contribution in [0.15, 0.2) is 72.8 Å². The molecule has 1 N–H and O–H groups in total. The molecule has 0 radical (unpaired) electrons. The molecule has 1 amide bonds. The van der Waals surface area contributed by atoms with Crippen LogP contribution in [0.5, 0.6) is 0 Å². The van der Waals surface area contributed by atoms with Gasteiger partial charge in [-0.2, -0.15) is 0 Å². The topological polar surface area (TPSA) is 66.5 Å². The van der Waals surface area contributed by atoms with E-state index in [1.54, 1.807) is 12.1 Å². The molecule has 0 saturated carbocycles. The second-order valence-corrected chi connectivity index (χ2v) is 8.26. The Kier molecular flexibility index (Phi) is 5.76. The third-order valence-electron chi connectivity index (χ3n) is 4.30. The Morgan fingerprint density at radius 1 is 0.926 bits per heavy atom. The van der Waals surface area contributed by atoms with Gasteiger partial charge in [-0.3, -0.25) is 9.10 Å². The number of carbonyl (C=O) groups excluding carboxylic acids is 1. The molecule has 27 heavy (non-hydrogen) atoms. The fourth-order valence-electron chi connectivity index (χ4n) is 2.98. The van der Waals surface area contributed by atoms with Gasteiger partial charge in [0.2, 0.25) is 15.9 Å². The molecule has 140 valence electrons. The minimum Gasteiger partial charge on any atom is -0.354 e. The van der Waals surface area contributed by atoms with E-state index in [4.69, 9.17) is 0 Å². The number of nitrogens with zero attached hydrogens (tertiary/aromatic N) is 1. The van der Waals surface area contributed by atoms with E-state index >= 15 is 0 Å². The third kappa shape index (κ3) is 4.86. The first-order valence-electron chi connectivity index (χ1n) is 8.71. The number of hydrogen-bond donors (Lipinski definition) is 1. The van der Waals surface area contributed by atoms with Crippen LogP contribution in [0.4, 0.5) is 5.69 Å². The summed E-state index contributed by atoms with van der Waals surface area (Å²) in [7, 11) is -3.61. The molecule has 0 saturated heterocycles. The van der Waals surface area contributed by atoms with Crippen LogP contribution in [0.3, 0.4) is 0 Å². The number of fused-ring (bicyclic) bond motifs is 1. The van der Waals surface area contributed by atoms with E-state index in [2.05, 4.69) is 5.32 Å². The van der Waals surface area contributed by atoms with E-state index in [0.29, 0.717) is 18.7 Å². The number of benzene rings is 3. The third-order valence-corrected chi connectivity index (χ3v) is 5.43. The summed E-state index contributed by atoms with van der Waals surface area (Å²) in [4.78, 5) is 12.4. The fraction of sp³-hybridized carbons (Fsp3) is 0.190. The summed E-state index contributed by atoms with van der Waals surface area (Å²) in [6.45, 7) is 0.206. The maximum absolute atomic E-state index is 12.4. The molecule has 0 heterocycles. The van der Waals surface area contributed by atoms with E-state index in [-0.39, 0.29) is 12.5 Å². The smallest absolute Gasteiger partial charge is 0.240 e. The molecule has 0 spiro atoms. The van der Waals surface area contributed by atoms with Crippen molar-refractivity contribution in [2.45, 2.75) is 6.42 Å². The van der Waals surface area contributed by atoms with Crippen molar-refractivity contribution in [3.8, 4) is 0 Å². The summed E-state index contributed by atoms with van der Waals surface area (Å²) in [5.41, 5.74) is 1.63. The maximum atomic E-state index is 12.4. The second kappa shape index (κ2) is 8.22. The highest BCUT2D eigenvalue weighted by Crippen LogP contribution is 2.28. The van der Waals surface area contributed by atoms with Crippen molar-refractivity contribution in [3.05, 3.63) is 78.4 Å². The number of hydrogen-bond acceptors (Lipinski definition) is 3. The molecule has 0 aliphatic rings. The Bertz CT molecular complexity index is 1030. The standard InChI is InChI=1S/C21H22N2O3S/c1-27(25,26)23(20-13-7-11-18-10-5-6-12-19(18)20)16-21(24)22-15-14-17-8-3-2-4-9-17/h2-13H,14-16H2,1H3,(H,22,24). The lowest BCUT2D eigenvalue weighted by molar-refractivity contribution is -0.119. The molecule has 0 fully saturated rings. The average Bonchev–Trinajstić information content (AvgIpc) is 2.66. The summed E-state index contributed by atoms with van der Waals surface area (Å²) < 4.78 is 25.9. The molecule has 0 aromatic heterocycles. The van der Waals surface area contributed by atoms with Crippen LogP contribution in [-0.2, 0) is 21.2 Å². The van der Waals surface area contributed by atoms with Crippen molar-refractivity contribution < 1.29 is 13.2 Å². The van der Waals surface area contributed by atoms with Crippen LogP contribution in [-0.4, -0.2) is 33.7 Å². The first-order chi connectivity index (χ1) is 12.9. The highest BCUT2D eigenvalue weighted by molar-refractivity contribution is 7.92. The predicted octanol–water partition coefficient (Wildman–Crippen LogP) is 2.96. The van der Waals surface area contributed by atoms with Gasteiger partial charge in [0.25, 0.3) is 0 Å². The van der Waals surface area contributed by atoms with Crippen LogP contribution >= 0.6 is 0 Å². The fourth-order valence-corrected chi connectivity index (χ4v) is 3.85. The van der Waals surface area contributed by atoms with Crippen LogP contribution < -0.4 is 9.62 Å². The van der Waals surface area contributed by atoms with Gasteiger partial charge in [0.1, 0.15) is 6.54 Å². The largest absolute Gasteiger partial charge is 0.354 e. The number of rotatable bonds is 7. The molecule has 0 aliphatic carbocycles. The number of sulfonamides is 1. The molecule has 6 heteroatoms. The van der Waals surface area contributed by atoms with Gasteiger partial charge in [-0.1, -0.05) is 66.7 Å². The second-order valence-electron chi connectivity index (χ2n) is 6.35. The van der Waals surface area contributed by atoms with E-state index in [1.165, 1.54) is 0 Å². The number of carbonyl (C=O) groups is 1. The summed E-state index contributed by atoms with van der Waals surface area (Å²) >= 11 is 0. The van der Waals surface area contributed by atoms with Gasteiger partial charge >= 0.3 is 0 Å².